The van der Waals surface area contributed by atoms with Crippen LogP contribution in [-0.4, -0.2) is 27.2 Å². The average Bonchev–Trinajstić information content (AvgIpc) is 3.43. The third-order valence-electron chi connectivity index (χ3n) is 4.50. The topological polar surface area (TPSA) is 56.8 Å². The zero-order chi connectivity index (χ0) is 18.0. The fraction of sp³-hybridized carbons (Fsp3) is 0.316. The Morgan fingerprint density at radius 3 is 2.12 bits per heavy atom. The monoisotopic (exact) mass is 345 g/mol. The van der Waals surface area contributed by atoms with Crippen LogP contribution in [0.1, 0.15) is 18.4 Å². The fourth-order valence-electron chi connectivity index (χ4n) is 3.00. The lowest BCUT2D eigenvalue weighted by molar-refractivity contribution is -0.118. The number of hydrogen-bond acceptors (Lipinski definition) is 4. The third kappa shape index (κ3) is 2.99. The summed E-state index contributed by atoms with van der Waals surface area (Å²) in [6.07, 6.45) is 1.23. The second kappa shape index (κ2) is 6.63. The molecule has 1 N–H and O–H groups in total. The van der Waals surface area contributed by atoms with Crippen LogP contribution in [0.25, 0.3) is 0 Å². The van der Waals surface area contributed by atoms with Crippen molar-refractivity contribution in [3.63, 3.8) is 0 Å². The van der Waals surface area contributed by atoms with Gasteiger partial charge in [-0.2, -0.15) is 0 Å². The Morgan fingerprint density at radius 1 is 1.04 bits per heavy atom. The summed E-state index contributed by atoms with van der Waals surface area (Å²) in [7, 11) is 4.52. The second-order valence-electron chi connectivity index (χ2n) is 5.93. The van der Waals surface area contributed by atoms with Crippen LogP contribution in [0.2, 0.25) is 0 Å². The molecular formula is C19H20FNO4. The number of ether oxygens (including phenoxy) is 3. The van der Waals surface area contributed by atoms with Gasteiger partial charge in [0.25, 0.3) is 0 Å². The van der Waals surface area contributed by atoms with Gasteiger partial charge in [0.05, 0.1) is 26.7 Å². The Balaban J connectivity index is 1.90. The first-order chi connectivity index (χ1) is 12.1. The van der Waals surface area contributed by atoms with Gasteiger partial charge in [-0.15, -0.1) is 0 Å². The van der Waals surface area contributed by atoms with E-state index in [1.165, 1.54) is 27.4 Å². The highest BCUT2D eigenvalue weighted by Gasteiger charge is 2.52. The molecule has 1 saturated carbocycles. The number of rotatable bonds is 6. The van der Waals surface area contributed by atoms with Crippen molar-refractivity contribution in [2.75, 3.05) is 26.6 Å². The summed E-state index contributed by atoms with van der Waals surface area (Å²) >= 11 is 0. The predicted octanol–water partition coefficient (Wildman–Crippen LogP) is 3.52. The number of methoxy groups -OCH3 is 3. The molecule has 25 heavy (non-hydrogen) atoms. The van der Waals surface area contributed by atoms with Gasteiger partial charge in [-0.05, 0) is 18.9 Å². The van der Waals surface area contributed by atoms with Crippen molar-refractivity contribution in [2.45, 2.75) is 18.3 Å². The fourth-order valence-corrected chi connectivity index (χ4v) is 3.00. The van der Waals surface area contributed by atoms with Crippen LogP contribution in [-0.2, 0) is 10.2 Å². The number of halogens is 1. The first-order valence-electron chi connectivity index (χ1n) is 7.92. The van der Waals surface area contributed by atoms with Crippen molar-refractivity contribution in [1.29, 1.82) is 0 Å². The van der Waals surface area contributed by atoms with Crippen LogP contribution in [0.5, 0.6) is 17.2 Å². The lowest BCUT2D eigenvalue weighted by Crippen LogP contribution is -2.28. The summed E-state index contributed by atoms with van der Waals surface area (Å²) in [5, 5.41) is 2.85. The SMILES string of the molecule is COc1cc(NC(=O)C2(c3ccccc3F)CC2)cc(OC)c1OC. The largest absolute Gasteiger partial charge is 0.493 e. The van der Waals surface area contributed by atoms with Gasteiger partial charge in [0, 0.05) is 23.4 Å². The quantitative estimate of drug-likeness (QED) is 0.870. The van der Waals surface area contributed by atoms with E-state index < -0.39 is 5.41 Å². The van der Waals surface area contributed by atoms with Crippen LogP contribution < -0.4 is 19.5 Å². The summed E-state index contributed by atoms with van der Waals surface area (Å²) in [5.74, 6) is 0.714. The molecule has 0 atom stereocenters. The molecule has 0 aliphatic heterocycles. The highest BCUT2D eigenvalue weighted by molar-refractivity contribution is 6.01. The lowest BCUT2D eigenvalue weighted by atomic mass is 9.94. The highest BCUT2D eigenvalue weighted by Crippen LogP contribution is 2.50. The predicted molar refractivity (Wildman–Crippen MR) is 92.0 cm³/mol. The van der Waals surface area contributed by atoms with Crippen LogP contribution in [0.3, 0.4) is 0 Å². The summed E-state index contributed by atoms with van der Waals surface area (Å²) < 4.78 is 30.0. The molecule has 1 aliphatic rings. The molecule has 0 bridgehead atoms. The van der Waals surface area contributed by atoms with Crippen molar-refractivity contribution >= 4 is 11.6 Å². The van der Waals surface area contributed by atoms with Crippen molar-refractivity contribution < 1.29 is 23.4 Å². The van der Waals surface area contributed by atoms with E-state index in [4.69, 9.17) is 14.2 Å². The van der Waals surface area contributed by atoms with Crippen molar-refractivity contribution in [3.05, 3.63) is 47.8 Å². The maximum atomic E-state index is 14.1. The van der Waals surface area contributed by atoms with E-state index in [9.17, 15) is 9.18 Å². The molecule has 1 aliphatic carbocycles. The number of nitrogens with one attached hydrogen (secondary N) is 1. The van der Waals surface area contributed by atoms with Crippen LogP contribution >= 0.6 is 0 Å². The van der Waals surface area contributed by atoms with Gasteiger partial charge in [0.1, 0.15) is 5.82 Å². The Morgan fingerprint density at radius 2 is 1.64 bits per heavy atom. The van der Waals surface area contributed by atoms with E-state index in [2.05, 4.69) is 5.32 Å². The molecule has 6 heteroatoms. The number of amides is 1. The first kappa shape index (κ1) is 17.1. The minimum Gasteiger partial charge on any atom is -0.493 e. The molecule has 0 heterocycles. The van der Waals surface area contributed by atoms with Gasteiger partial charge in [-0.3, -0.25) is 4.79 Å². The molecule has 0 aromatic heterocycles. The van der Waals surface area contributed by atoms with Gasteiger partial charge in [0.15, 0.2) is 11.5 Å². The number of benzene rings is 2. The molecule has 0 unspecified atom stereocenters. The number of hydrogen-bond donors (Lipinski definition) is 1. The zero-order valence-electron chi connectivity index (χ0n) is 14.4. The summed E-state index contributed by atoms with van der Waals surface area (Å²) in [5.41, 5.74) is 0.119. The van der Waals surface area contributed by atoms with Gasteiger partial charge in [-0.1, -0.05) is 18.2 Å². The van der Waals surface area contributed by atoms with E-state index in [0.29, 0.717) is 41.3 Å². The van der Waals surface area contributed by atoms with E-state index in [-0.39, 0.29) is 11.7 Å². The molecule has 0 saturated heterocycles. The van der Waals surface area contributed by atoms with E-state index in [0.717, 1.165) is 0 Å². The maximum Gasteiger partial charge on any atom is 0.235 e. The highest BCUT2D eigenvalue weighted by atomic mass is 19.1. The Labute approximate surface area is 145 Å². The molecule has 2 aromatic carbocycles. The third-order valence-corrected chi connectivity index (χ3v) is 4.50. The molecule has 132 valence electrons. The Kier molecular flexibility index (Phi) is 4.53. The molecule has 3 rings (SSSR count). The van der Waals surface area contributed by atoms with Crippen LogP contribution in [0.4, 0.5) is 10.1 Å². The number of carbonyl (C=O) groups is 1. The molecule has 1 amide bonds. The minimum atomic E-state index is -0.814. The molecule has 0 spiro atoms. The summed E-state index contributed by atoms with van der Waals surface area (Å²) in [4.78, 5) is 12.8. The first-order valence-corrected chi connectivity index (χ1v) is 7.92. The van der Waals surface area contributed by atoms with Gasteiger partial charge in [0.2, 0.25) is 11.7 Å². The summed E-state index contributed by atoms with van der Waals surface area (Å²) in [6, 6.07) is 9.70. The van der Waals surface area contributed by atoms with Crippen molar-refractivity contribution in [3.8, 4) is 17.2 Å². The Bertz CT molecular complexity index is 777. The summed E-state index contributed by atoms with van der Waals surface area (Å²) in [6.45, 7) is 0. The second-order valence-corrected chi connectivity index (χ2v) is 5.93. The molecular weight excluding hydrogens is 325 g/mol. The van der Waals surface area contributed by atoms with Crippen LogP contribution in [0, 0.1) is 5.82 Å². The van der Waals surface area contributed by atoms with E-state index in [1.807, 2.05) is 0 Å². The van der Waals surface area contributed by atoms with Crippen molar-refractivity contribution in [2.24, 2.45) is 0 Å². The lowest BCUT2D eigenvalue weighted by Gasteiger charge is -2.18. The molecule has 0 radical (unpaired) electrons. The normalized spacial score (nSPS) is 14.6. The molecule has 1 fully saturated rings. The minimum absolute atomic E-state index is 0.244. The van der Waals surface area contributed by atoms with Gasteiger partial charge < -0.3 is 19.5 Å². The van der Waals surface area contributed by atoms with Gasteiger partial charge in [-0.25, -0.2) is 4.39 Å². The zero-order valence-corrected chi connectivity index (χ0v) is 14.4. The smallest absolute Gasteiger partial charge is 0.235 e. The molecule has 5 nitrogen and oxygen atoms in total. The number of anilines is 1. The van der Waals surface area contributed by atoms with E-state index >= 15 is 0 Å². The standard InChI is InChI=1S/C19H20FNO4/c1-23-15-10-12(11-16(24-2)17(15)25-3)21-18(22)19(8-9-19)13-6-4-5-7-14(13)20/h4-7,10-11H,8-9H2,1-3H3,(H,21,22). The van der Waals surface area contributed by atoms with Crippen molar-refractivity contribution in [1.82, 2.24) is 0 Å². The number of carbonyl (C=O) groups excluding carboxylic acids is 1. The Hall–Kier alpha value is -2.76. The maximum absolute atomic E-state index is 14.1. The van der Waals surface area contributed by atoms with Gasteiger partial charge >= 0.3 is 0 Å². The average molecular weight is 345 g/mol. The van der Waals surface area contributed by atoms with Crippen LogP contribution in [0.15, 0.2) is 36.4 Å². The van der Waals surface area contributed by atoms with E-state index in [1.54, 1.807) is 30.3 Å². The molecule has 2 aromatic rings.